The summed E-state index contributed by atoms with van der Waals surface area (Å²) in [6.45, 7) is 2.88. The molecule has 2 unspecified atom stereocenters. The molecule has 0 spiro atoms. The topological polar surface area (TPSA) is 47.9 Å². The molecule has 0 saturated carbocycles. The molecule has 0 amide bonds. The van der Waals surface area contributed by atoms with Crippen LogP contribution in [-0.2, 0) is 11.2 Å². The van der Waals surface area contributed by atoms with Gasteiger partial charge in [0.2, 0.25) is 6.79 Å². The molecule has 1 aromatic carbocycles. The van der Waals surface area contributed by atoms with Crippen LogP contribution in [0.25, 0.3) is 0 Å². The minimum atomic E-state index is -0.370. The molecule has 0 aromatic heterocycles. The quantitative estimate of drug-likeness (QED) is 0.893. The normalized spacial score (nSPS) is 23.3. The summed E-state index contributed by atoms with van der Waals surface area (Å²) in [6.07, 6.45) is 2.50. The van der Waals surface area contributed by atoms with E-state index in [0.717, 1.165) is 42.1 Å². The maximum atomic E-state index is 9.61. The fourth-order valence-electron chi connectivity index (χ4n) is 2.62. The van der Waals surface area contributed by atoms with E-state index >= 15 is 0 Å². The lowest BCUT2D eigenvalue weighted by Crippen LogP contribution is -2.09. The van der Waals surface area contributed by atoms with Crippen LogP contribution in [0.1, 0.15) is 37.0 Å². The molecule has 0 radical (unpaired) electrons. The molecule has 3 rings (SSSR count). The highest BCUT2D eigenvalue weighted by Crippen LogP contribution is 2.40. The Kier molecular flexibility index (Phi) is 3.14. The Labute approximate surface area is 106 Å². The van der Waals surface area contributed by atoms with E-state index in [2.05, 4.69) is 0 Å². The standard InChI is InChI=1S/C14H18O4/c1-9(15)5-10-6-13-14(18-8-17-13)7-11(10)12-3-2-4-16-12/h6-7,9,12,15H,2-5,8H2,1H3. The van der Waals surface area contributed by atoms with Gasteiger partial charge in [0, 0.05) is 6.61 Å². The van der Waals surface area contributed by atoms with Crippen LogP contribution in [-0.4, -0.2) is 24.6 Å². The second-order valence-corrected chi connectivity index (χ2v) is 4.96. The van der Waals surface area contributed by atoms with E-state index < -0.39 is 0 Å². The van der Waals surface area contributed by atoms with Crippen molar-refractivity contribution in [3.8, 4) is 11.5 Å². The highest BCUT2D eigenvalue weighted by atomic mass is 16.7. The largest absolute Gasteiger partial charge is 0.454 e. The minimum absolute atomic E-state index is 0.133. The van der Waals surface area contributed by atoms with E-state index in [1.54, 1.807) is 6.92 Å². The highest BCUT2D eigenvalue weighted by Gasteiger charge is 2.25. The molecular formula is C14H18O4. The Morgan fingerprint density at radius 1 is 1.33 bits per heavy atom. The minimum Gasteiger partial charge on any atom is -0.454 e. The lowest BCUT2D eigenvalue weighted by molar-refractivity contribution is 0.110. The van der Waals surface area contributed by atoms with E-state index in [1.165, 1.54) is 0 Å². The monoisotopic (exact) mass is 250 g/mol. The van der Waals surface area contributed by atoms with E-state index in [1.807, 2.05) is 12.1 Å². The second-order valence-electron chi connectivity index (χ2n) is 4.96. The molecule has 0 aliphatic carbocycles. The van der Waals surface area contributed by atoms with Crippen molar-refractivity contribution < 1.29 is 19.3 Å². The fraction of sp³-hybridized carbons (Fsp3) is 0.571. The van der Waals surface area contributed by atoms with Crippen molar-refractivity contribution in [3.63, 3.8) is 0 Å². The van der Waals surface area contributed by atoms with E-state index in [-0.39, 0.29) is 19.0 Å². The van der Waals surface area contributed by atoms with Crippen LogP contribution in [0.15, 0.2) is 12.1 Å². The van der Waals surface area contributed by atoms with E-state index in [4.69, 9.17) is 14.2 Å². The van der Waals surface area contributed by atoms with Crippen LogP contribution in [0.3, 0.4) is 0 Å². The van der Waals surface area contributed by atoms with Crippen molar-refractivity contribution in [2.24, 2.45) is 0 Å². The third-order valence-corrected chi connectivity index (χ3v) is 3.43. The lowest BCUT2D eigenvalue weighted by atomic mass is 9.96. The van der Waals surface area contributed by atoms with Gasteiger partial charge in [-0.25, -0.2) is 0 Å². The number of hydrogen-bond donors (Lipinski definition) is 1. The fourth-order valence-corrected chi connectivity index (χ4v) is 2.62. The zero-order valence-electron chi connectivity index (χ0n) is 10.5. The van der Waals surface area contributed by atoms with Gasteiger partial charge >= 0.3 is 0 Å². The molecule has 18 heavy (non-hydrogen) atoms. The molecule has 0 bridgehead atoms. The van der Waals surface area contributed by atoms with Crippen LogP contribution in [0.4, 0.5) is 0 Å². The Hall–Kier alpha value is -1.26. The number of hydrogen-bond acceptors (Lipinski definition) is 4. The first-order valence-electron chi connectivity index (χ1n) is 6.46. The van der Waals surface area contributed by atoms with Gasteiger partial charge in [0.25, 0.3) is 0 Å². The van der Waals surface area contributed by atoms with Crippen LogP contribution < -0.4 is 9.47 Å². The van der Waals surface area contributed by atoms with Gasteiger partial charge in [0.05, 0.1) is 12.2 Å². The summed E-state index contributed by atoms with van der Waals surface area (Å²) >= 11 is 0. The summed E-state index contributed by atoms with van der Waals surface area (Å²) in [6, 6.07) is 3.99. The van der Waals surface area contributed by atoms with Crippen molar-refractivity contribution in [1.82, 2.24) is 0 Å². The zero-order valence-corrected chi connectivity index (χ0v) is 10.5. The van der Waals surface area contributed by atoms with Gasteiger partial charge in [0.15, 0.2) is 11.5 Å². The Morgan fingerprint density at radius 2 is 2.11 bits per heavy atom. The summed E-state index contributed by atoms with van der Waals surface area (Å²) in [7, 11) is 0. The summed E-state index contributed by atoms with van der Waals surface area (Å²) in [5, 5.41) is 9.61. The molecule has 2 heterocycles. The van der Waals surface area contributed by atoms with Crippen molar-refractivity contribution in [3.05, 3.63) is 23.3 Å². The Bertz CT molecular complexity index is 436. The molecule has 1 saturated heterocycles. The van der Waals surface area contributed by atoms with Crippen LogP contribution in [0.5, 0.6) is 11.5 Å². The highest BCUT2D eigenvalue weighted by molar-refractivity contribution is 5.49. The molecule has 98 valence electrons. The second kappa shape index (κ2) is 4.78. The number of aliphatic hydroxyl groups is 1. The average Bonchev–Trinajstić information content (AvgIpc) is 2.97. The predicted molar refractivity (Wildman–Crippen MR) is 65.9 cm³/mol. The van der Waals surface area contributed by atoms with Crippen LogP contribution in [0, 0.1) is 0 Å². The molecular weight excluding hydrogens is 232 g/mol. The average molecular weight is 250 g/mol. The first-order chi connectivity index (χ1) is 8.74. The molecule has 2 atom stereocenters. The van der Waals surface area contributed by atoms with Crippen molar-refractivity contribution in [2.45, 2.75) is 38.4 Å². The molecule has 1 N–H and O–H groups in total. The third kappa shape index (κ3) is 2.18. The number of fused-ring (bicyclic) bond motifs is 1. The molecule has 2 aliphatic rings. The lowest BCUT2D eigenvalue weighted by Gasteiger charge is -2.17. The van der Waals surface area contributed by atoms with Gasteiger partial charge in [-0.15, -0.1) is 0 Å². The smallest absolute Gasteiger partial charge is 0.231 e. The van der Waals surface area contributed by atoms with Crippen LogP contribution in [0.2, 0.25) is 0 Å². The summed E-state index contributed by atoms with van der Waals surface area (Å²) in [4.78, 5) is 0. The van der Waals surface area contributed by atoms with Crippen molar-refractivity contribution in [1.29, 1.82) is 0 Å². The maximum absolute atomic E-state index is 9.61. The maximum Gasteiger partial charge on any atom is 0.231 e. The molecule has 2 aliphatic heterocycles. The Balaban J connectivity index is 1.97. The van der Waals surface area contributed by atoms with Crippen molar-refractivity contribution >= 4 is 0 Å². The van der Waals surface area contributed by atoms with Gasteiger partial charge in [-0.2, -0.15) is 0 Å². The van der Waals surface area contributed by atoms with Crippen LogP contribution >= 0.6 is 0 Å². The summed E-state index contributed by atoms with van der Waals surface area (Å²) < 4.78 is 16.6. The van der Waals surface area contributed by atoms with Gasteiger partial charge in [-0.1, -0.05) is 0 Å². The van der Waals surface area contributed by atoms with Gasteiger partial charge < -0.3 is 19.3 Å². The molecule has 1 fully saturated rings. The van der Waals surface area contributed by atoms with E-state index in [0.29, 0.717) is 6.42 Å². The number of rotatable bonds is 3. The van der Waals surface area contributed by atoms with Gasteiger partial charge in [-0.05, 0) is 49.4 Å². The molecule has 4 heteroatoms. The SMILES string of the molecule is CC(O)Cc1cc2c(cc1C1CCCO1)OCO2. The number of benzene rings is 1. The first-order valence-corrected chi connectivity index (χ1v) is 6.46. The third-order valence-electron chi connectivity index (χ3n) is 3.43. The number of aliphatic hydroxyl groups excluding tert-OH is 1. The van der Waals surface area contributed by atoms with Gasteiger partial charge in [-0.3, -0.25) is 0 Å². The zero-order chi connectivity index (χ0) is 12.5. The summed E-state index contributed by atoms with van der Waals surface area (Å²) in [5.74, 6) is 1.56. The Morgan fingerprint density at radius 3 is 2.78 bits per heavy atom. The summed E-state index contributed by atoms with van der Waals surface area (Å²) in [5.41, 5.74) is 2.24. The molecule has 1 aromatic rings. The predicted octanol–water partition coefficient (Wildman–Crippen LogP) is 2.19. The first kappa shape index (κ1) is 11.8. The molecule has 4 nitrogen and oxygen atoms in total. The number of ether oxygens (including phenoxy) is 3. The van der Waals surface area contributed by atoms with Crippen molar-refractivity contribution in [2.75, 3.05) is 13.4 Å². The van der Waals surface area contributed by atoms with E-state index in [9.17, 15) is 5.11 Å². The van der Waals surface area contributed by atoms with Gasteiger partial charge in [0.1, 0.15) is 0 Å².